The molecule has 0 heterocycles. The molecule has 0 aromatic heterocycles. The van der Waals surface area contributed by atoms with Crippen LogP contribution in [0, 0.1) is 18.6 Å². The van der Waals surface area contributed by atoms with Gasteiger partial charge in [0.15, 0.2) is 9.84 Å². The Morgan fingerprint density at radius 3 is 2.17 bits per heavy atom. The fraction of sp³-hybridized carbons (Fsp3) is 0.444. The van der Waals surface area contributed by atoms with Crippen LogP contribution < -0.4 is 16.0 Å². The van der Waals surface area contributed by atoms with Gasteiger partial charge in [0.25, 0.3) is 5.91 Å². The predicted octanol–water partition coefficient (Wildman–Crippen LogP) is 5.23. The quantitative estimate of drug-likeness (QED) is 0.144. The third kappa shape index (κ3) is 12.3. The summed E-state index contributed by atoms with van der Waals surface area (Å²) in [6.07, 6.45) is 0.829. The van der Waals surface area contributed by atoms with E-state index in [4.69, 9.17) is 0 Å². The Bertz CT molecular complexity index is 1590. The zero-order valence-corrected chi connectivity index (χ0v) is 29.6. The number of sulfone groups is 1. The Hall–Kier alpha value is -3.38. The Morgan fingerprint density at radius 2 is 1.54 bits per heavy atom. The van der Waals surface area contributed by atoms with Crippen molar-refractivity contribution in [2.75, 3.05) is 12.3 Å². The first-order valence-electron chi connectivity index (χ1n) is 16.2. The van der Waals surface area contributed by atoms with Gasteiger partial charge in [-0.3, -0.25) is 9.59 Å². The van der Waals surface area contributed by atoms with E-state index in [0.717, 1.165) is 35.7 Å². The normalized spacial score (nSPS) is 13.9. The lowest BCUT2D eigenvalue weighted by molar-refractivity contribution is -0.124. The Labute approximate surface area is 289 Å². The number of rotatable bonds is 18. The van der Waals surface area contributed by atoms with Crippen molar-refractivity contribution in [1.82, 2.24) is 16.0 Å². The van der Waals surface area contributed by atoms with Crippen molar-refractivity contribution in [3.05, 3.63) is 106 Å². The topological polar surface area (TPSA) is 125 Å². The molecule has 4 N–H and O–H groups in total. The summed E-state index contributed by atoms with van der Waals surface area (Å²) in [5.74, 6) is -3.74. The Morgan fingerprint density at radius 1 is 0.875 bits per heavy atom. The molecule has 8 nitrogen and oxygen atoms in total. The molecular weight excluding hydrogens is 660 g/mol. The maximum atomic E-state index is 14.1. The second-order valence-corrected chi connectivity index (χ2v) is 14.3. The molecule has 0 spiro atoms. The third-order valence-corrected chi connectivity index (χ3v) is 10.6. The molecule has 0 radical (unpaired) electrons. The summed E-state index contributed by atoms with van der Waals surface area (Å²) >= 11 is 0. The van der Waals surface area contributed by atoms with Gasteiger partial charge in [-0.15, -0.1) is 12.4 Å². The summed E-state index contributed by atoms with van der Waals surface area (Å²) in [6, 6.07) is 15.0. The van der Waals surface area contributed by atoms with Crippen molar-refractivity contribution in [1.29, 1.82) is 0 Å². The average Bonchev–Trinajstić information content (AvgIpc) is 3.02. The number of hydrogen-bond donors (Lipinski definition) is 4. The second kappa shape index (κ2) is 19.6. The van der Waals surface area contributed by atoms with E-state index in [0.29, 0.717) is 31.4 Å². The first-order chi connectivity index (χ1) is 22.4. The maximum Gasteiger partial charge on any atom is 0.252 e. The minimum Gasteiger partial charge on any atom is -0.390 e. The van der Waals surface area contributed by atoms with E-state index >= 15 is 0 Å². The van der Waals surface area contributed by atoms with Crippen LogP contribution in [-0.2, 0) is 34.0 Å². The van der Waals surface area contributed by atoms with Crippen molar-refractivity contribution in [3.8, 4) is 0 Å². The molecule has 264 valence electrons. The molecule has 0 bridgehead atoms. The molecule has 3 aromatic carbocycles. The molecule has 0 saturated heterocycles. The van der Waals surface area contributed by atoms with Gasteiger partial charge in [-0.05, 0) is 73.1 Å². The molecule has 4 atom stereocenters. The fourth-order valence-corrected chi connectivity index (χ4v) is 7.66. The van der Waals surface area contributed by atoms with Gasteiger partial charge in [0, 0.05) is 24.7 Å². The van der Waals surface area contributed by atoms with Crippen molar-refractivity contribution < 1.29 is 31.9 Å². The highest BCUT2D eigenvalue weighted by Gasteiger charge is 2.34. The minimum atomic E-state index is -3.84. The predicted molar refractivity (Wildman–Crippen MR) is 188 cm³/mol. The molecule has 0 fully saturated rings. The van der Waals surface area contributed by atoms with Gasteiger partial charge in [0.2, 0.25) is 5.91 Å². The van der Waals surface area contributed by atoms with Crippen LogP contribution in [0.1, 0.15) is 72.6 Å². The molecule has 1 unspecified atom stereocenters. The zero-order chi connectivity index (χ0) is 34.6. The standard InChI is InChI=1S/C36H47F2N3O5S.ClH/c1-5-11-30(7-3)47(45,46)23-33(41-35(43)31-15-9-8-12-24(31)4)36(44)40-32(19-27-17-28(37)20-29(38)18-27)34(42)22-39-21-26-14-10-13-25(6-2)16-26;/h8-10,12-18,20,30,32-34,39,42H,5-7,11,19,21-23H2,1-4H3,(H,40,44)(H,41,43);1H/t30?,32-,33-,34+;/m0./s1. The van der Waals surface area contributed by atoms with Crippen LogP contribution in [-0.4, -0.2) is 61.1 Å². The number of carbonyl (C=O) groups excluding carboxylic acids is 2. The molecule has 0 saturated carbocycles. The number of nitrogens with one attached hydrogen (secondary N) is 3. The smallest absolute Gasteiger partial charge is 0.252 e. The van der Waals surface area contributed by atoms with Crippen LogP contribution in [0.4, 0.5) is 8.78 Å². The molecule has 3 aromatic rings. The summed E-state index contributed by atoms with van der Waals surface area (Å²) in [4.78, 5) is 27.2. The molecule has 0 aliphatic rings. The van der Waals surface area contributed by atoms with Gasteiger partial charge in [0.1, 0.15) is 17.7 Å². The van der Waals surface area contributed by atoms with E-state index in [-0.39, 0.29) is 36.5 Å². The number of amides is 2. The zero-order valence-electron chi connectivity index (χ0n) is 28.0. The van der Waals surface area contributed by atoms with E-state index in [1.54, 1.807) is 38.1 Å². The third-order valence-electron chi connectivity index (χ3n) is 8.24. The number of hydrogen-bond acceptors (Lipinski definition) is 6. The summed E-state index contributed by atoms with van der Waals surface area (Å²) in [6.45, 7) is 7.83. The van der Waals surface area contributed by atoms with Crippen LogP contribution in [0.15, 0.2) is 66.7 Å². The van der Waals surface area contributed by atoms with Crippen LogP contribution >= 0.6 is 12.4 Å². The second-order valence-electron chi connectivity index (χ2n) is 12.0. The van der Waals surface area contributed by atoms with Gasteiger partial charge >= 0.3 is 0 Å². The lowest BCUT2D eigenvalue weighted by Gasteiger charge is -2.28. The van der Waals surface area contributed by atoms with Crippen LogP contribution in [0.25, 0.3) is 0 Å². The van der Waals surface area contributed by atoms with E-state index in [2.05, 4.69) is 16.0 Å². The lowest BCUT2D eigenvalue weighted by atomic mass is 10.00. The number of aliphatic hydroxyl groups excluding tert-OH is 1. The summed E-state index contributed by atoms with van der Waals surface area (Å²) in [5, 5.41) is 19.0. The lowest BCUT2D eigenvalue weighted by Crippen LogP contribution is -2.57. The first kappa shape index (κ1) is 40.8. The molecule has 48 heavy (non-hydrogen) atoms. The molecule has 2 amide bonds. The average molecular weight is 708 g/mol. The SMILES string of the molecule is CCCC(CC)S(=O)(=O)C[C@H](NC(=O)c1ccccc1C)C(=O)N[C@@H](Cc1cc(F)cc(F)c1)[C@H](O)CNCc1cccc(CC)c1.Cl. The van der Waals surface area contributed by atoms with Crippen molar-refractivity contribution in [2.24, 2.45) is 0 Å². The van der Waals surface area contributed by atoms with E-state index in [1.807, 2.05) is 38.1 Å². The number of aliphatic hydroxyl groups is 1. The van der Waals surface area contributed by atoms with Crippen molar-refractivity contribution in [3.63, 3.8) is 0 Å². The summed E-state index contributed by atoms with van der Waals surface area (Å²) in [7, 11) is -3.84. The number of benzene rings is 3. The Balaban J connectivity index is 0.00000800. The van der Waals surface area contributed by atoms with Gasteiger partial charge in [-0.1, -0.05) is 69.7 Å². The number of aryl methyl sites for hydroxylation is 2. The molecular formula is C36H48ClF2N3O5S. The monoisotopic (exact) mass is 707 g/mol. The highest BCUT2D eigenvalue weighted by atomic mass is 35.5. The van der Waals surface area contributed by atoms with E-state index in [9.17, 15) is 31.9 Å². The maximum absolute atomic E-state index is 14.1. The molecule has 12 heteroatoms. The van der Waals surface area contributed by atoms with Gasteiger partial charge < -0.3 is 21.1 Å². The molecule has 0 aliphatic heterocycles. The first-order valence-corrected chi connectivity index (χ1v) is 17.9. The van der Waals surface area contributed by atoms with E-state index < -0.39 is 62.5 Å². The van der Waals surface area contributed by atoms with Crippen molar-refractivity contribution in [2.45, 2.75) is 89.8 Å². The minimum absolute atomic E-state index is 0. The van der Waals surface area contributed by atoms with Gasteiger partial charge in [-0.2, -0.15) is 0 Å². The molecule has 0 aliphatic carbocycles. The summed E-state index contributed by atoms with van der Waals surface area (Å²) < 4.78 is 55.2. The van der Waals surface area contributed by atoms with Crippen LogP contribution in [0.5, 0.6) is 0 Å². The van der Waals surface area contributed by atoms with Crippen LogP contribution in [0.3, 0.4) is 0 Å². The number of carbonyl (C=O) groups is 2. The highest BCUT2D eigenvalue weighted by molar-refractivity contribution is 7.92. The molecule has 3 rings (SSSR count). The fourth-order valence-electron chi connectivity index (χ4n) is 5.59. The van der Waals surface area contributed by atoms with Crippen molar-refractivity contribution >= 4 is 34.1 Å². The van der Waals surface area contributed by atoms with E-state index in [1.165, 1.54) is 0 Å². The highest BCUT2D eigenvalue weighted by Crippen LogP contribution is 2.17. The van der Waals surface area contributed by atoms with Gasteiger partial charge in [0.05, 0.1) is 23.1 Å². The summed E-state index contributed by atoms with van der Waals surface area (Å²) in [5.41, 5.74) is 3.25. The Kier molecular flexibility index (Phi) is 16.6. The largest absolute Gasteiger partial charge is 0.390 e. The number of halogens is 3. The van der Waals surface area contributed by atoms with Gasteiger partial charge in [-0.25, -0.2) is 17.2 Å². The van der Waals surface area contributed by atoms with Crippen LogP contribution in [0.2, 0.25) is 0 Å².